The van der Waals surface area contributed by atoms with Crippen LogP contribution in [0.25, 0.3) is 0 Å². The summed E-state index contributed by atoms with van der Waals surface area (Å²) in [6, 6.07) is 0. The van der Waals surface area contributed by atoms with Gasteiger partial charge in [0.05, 0.1) is 0 Å². The molecule has 0 atom stereocenters. The molecular weight excluding hydrogens is 178 g/mol. The Morgan fingerprint density at radius 1 is 1.73 bits per heavy atom. The van der Waals surface area contributed by atoms with Crippen LogP contribution >= 0.6 is 24.0 Å². The third kappa shape index (κ3) is 6.12. The Kier molecular flexibility index (Phi) is 6.25. The van der Waals surface area contributed by atoms with Gasteiger partial charge in [-0.05, 0) is 24.9 Å². The van der Waals surface area contributed by atoms with E-state index in [1.165, 1.54) is 11.8 Å². The molecular formula is C6H13N3S2. The Morgan fingerprint density at radius 3 is 2.82 bits per heavy atom. The zero-order valence-electron chi connectivity index (χ0n) is 6.76. The van der Waals surface area contributed by atoms with Crippen molar-refractivity contribution >= 4 is 34.3 Å². The Hall–Kier alpha value is -0.290. The normalized spacial score (nSPS) is 11.3. The number of thioether (sulfide) groups is 1. The smallest absolute Gasteiger partial charge is 0.195 e. The van der Waals surface area contributed by atoms with Crippen molar-refractivity contribution < 1.29 is 0 Å². The number of amidine groups is 1. The average molecular weight is 191 g/mol. The van der Waals surface area contributed by atoms with Crippen LogP contribution in [-0.4, -0.2) is 23.1 Å². The lowest BCUT2D eigenvalue weighted by molar-refractivity contribution is 0.843. The van der Waals surface area contributed by atoms with E-state index in [4.69, 9.17) is 18.0 Å². The lowest BCUT2D eigenvalue weighted by atomic mass is 10.5. The third-order valence-corrected chi connectivity index (χ3v) is 1.69. The molecule has 0 aromatic rings. The summed E-state index contributed by atoms with van der Waals surface area (Å²) in [5, 5.41) is 3.92. The van der Waals surface area contributed by atoms with E-state index in [9.17, 15) is 0 Å². The van der Waals surface area contributed by atoms with Crippen molar-refractivity contribution in [2.45, 2.75) is 13.3 Å². The monoisotopic (exact) mass is 191 g/mol. The van der Waals surface area contributed by atoms with Gasteiger partial charge in [-0.3, -0.25) is 0 Å². The molecule has 0 unspecified atom stereocenters. The number of nitrogens with one attached hydrogen (secondary N) is 1. The van der Waals surface area contributed by atoms with Crippen LogP contribution in [0.2, 0.25) is 0 Å². The Bertz CT molecular complexity index is 156. The summed E-state index contributed by atoms with van der Waals surface area (Å²) < 4.78 is 0. The van der Waals surface area contributed by atoms with Crippen LogP contribution in [0.4, 0.5) is 0 Å². The molecule has 0 amide bonds. The van der Waals surface area contributed by atoms with Crippen LogP contribution < -0.4 is 11.1 Å². The number of nitrogens with zero attached hydrogens (tertiary/aromatic N) is 1. The molecule has 5 heteroatoms. The van der Waals surface area contributed by atoms with E-state index in [1.807, 2.05) is 6.26 Å². The number of thiocarbonyl (C=S) groups is 1. The van der Waals surface area contributed by atoms with Crippen LogP contribution in [0.1, 0.15) is 13.3 Å². The van der Waals surface area contributed by atoms with Gasteiger partial charge in [0.25, 0.3) is 0 Å². The zero-order valence-corrected chi connectivity index (χ0v) is 8.39. The molecule has 0 aliphatic carbocycles. The first-order valence-corrected chi connectivity index (χ1v) is 5.00. The van der Waals surface area contributed by atoms with Crippen LogP contribution in [-0.2, 0) is 0 Å². The maximum absolute atomic E-state index is 5.43. The highest BCUT2D eigenvalue weighted by molar-refractivity contribution is 8.13. The van der Waals surface area contributed by atoms with E-state index in [0.717, 1.165) is 13.0 Å². The van der Waals surface area contributed by atoms with E-state index in [2.05, 4.69) is 17.2 Å². The lowest BCUT2D eigenvalue weighted by Crippen LogP contribution is -2.22. The first kappa shape index (κ1) is 10.7. The molecule has 0 radical (unpaired) electrons. The van der Waals surface area contributed by atoms with E-state index in [0.29, 0.717) is 10.3 Å². The molecule has 0 aromatic carbocycles. The fraction of sp³-hybridized carbons (Fsp3) is 0.667. The number of hydrogen-bond donors (Lipinski definition) is 2. The van der Waals surface area contributed by atoms with Gasteiger partial charge in [-0.15, -0.1) is 0 Å². The van der Waals surface area contributed by atoms with Gasteiger partial charge in [0.15, 0.2) is 10.3 Å². The Labute approximate surface area is 76.8 Å². The predicted octanol–water partition coefficient (Wildman–Crippen LogP) is 0.949. The van der Waals surface area contributed by atoms with Gasteiger partial charge >= 0.3 is 0 Å². The summed E-state index contributed by atoms with van der Waals surface area (Å²) in [7, 11) is 0. The molecule has 0 spiro atoms. The first-order valence-electron chi connectivity index (χ1n) is 3.36. The highest BCUT2D eigenvalue weighted by Crippen LogP contribution is 1.91. The minimum atomic E-state index is 0.471. The third-order valence-electron chi connectivity index (χ3n) is 0.947. The van der Waals surface area contributed by atoms with Crippen LogP contribution in [0.15, 0.2) is 4.99 Å². The largest absolute Gasteiger partial charge is 0.378 e. The standard InChI is InChI=1S/C6H13N3S2/c1-3-4-8-6(10)9-5(7)11-2/h3-4H2,1-2H3,(H3,7,8,9,10). The summed E-state index contributed by atoms with van der Waals surface area (Å²) in [6.07, 6.45) is 2.90. The number of aliphatic imine (C=N–C) groups is 1. The van der Waals surface area contributed by atoms with Crippen molar-refractivity contribution in [1.82, 2.24) is 5.32 Å². The molecule has 0 fully saturated rings. The Balaban J connectivity index is 3.67. The van der Waals surface area contributed by atoms with Gasteiger partial charge in [-0.1, -0.05) is 18.7 Å². The number of rotatable bonds is 2. The molecule has 0 bridgehead atoms. The summed E-state index contributed by atoms with van der Waals surface area (Å²) in [5.41, 5.74) is 5.43. The minimum absolute atomic E-state index is 0.471. The maximum Gasteiger partial charge on any atom is 0.195 e. The average Bonchev–Trinajstić information content (AvgIpc) is 2.00. The van der Waals surface area contributed by atoms with E-state index >= 15 is 0 Å². The molecule has 0 heterocycles. The second kappa shape index (κ2) is 6.42. The molecule has 3 nitrogen and oxygen atoms in total. The van der Waals surface area contributed by atoms with Crippen LogP contribution in [0, 0.1) is 0 Å². The van der Waals surface area contributed by atoms with E-state index < -0.39 is 0 Å². The molecule has 0 saturated heterocycles. The SMILES string of the molecule is CCCNC(=S)/N=C(\N)SC. The summed E-state index contributed by atoms with van der Waals surface area (Å²) >= 11 is 6.26. The fourth-order valence-corrected chi connectivity index (χ4v) is 0.858. The summed E-state index contributed by atoms with van der Waals surface area (Å²) in [6.45, 7) is 2.92. The highest BCUT2D eigenvalue weighted by atomic mass is 32.2. The van der Waals surface area contributed by atoms with Gasteiger partial charge < -0.3 is 11.1 Å². The summed E-state index contributed by atoms with van der Waals surface area (Å²) in [5.74, 6) is 0. The van der Waals surface area contributed by atoms with Gasteiger partial charge in [0, 0.05) is 6.54 Å². The van der Waals surface area contributed by atoms with Gasteiger partial charge in [0.2, 0.25) is 0 Å². The number of nitrogens with two attached hydrogens (primary N) is 1. The van der Waals surface area contributed by atoms with E-state index in [-0.39, 0.29) is 0 Å². The molecule has 0 aliphatic rings. The fourth-order valence-electron chi connectivity index (χ4n) is 0.417. The quantitative estimate of drug-likeness (QED) is 0.387. The molecule has 64 valence electrons. The minimum Gasteiger partial charge on any atom is -0.378 e. The van der Waals surface area contributed by atoms with Gasteiger partial charge in [-0.25, -0.2) is 0 Å². The number of hydrogen-bond acceptors (Lipinski definition) is 2. The van der Waals surface area contributed by atoms with Crippen molar-refractivity contribution in [2.24, 2.45) is 10.7 Å². The second-order valence-corrected chi connectivity index (χ2v) is 3.10. The van der Waals surface area contributed by atoms with Crippen molar-refractivity contribution in [1.29, 1.82) is 0 Å². The maximum atomic E-state index is 5.43. The van der Waals surface area contributed by atoms with E-state index in [1.54, 1.807) is 0 Å². The molecule has 11 heavy (non-hydrogen) atoms. The van der Waals surface area contributed by atoms with Crippen molar-refractivity contribution in [2.75, 3.05) is 12.8 Å². The van der Waals surface area contributed by atoms with Crippen molar-refractivity contribution in [3.05, 3.63) is 0 Å². The summed E-state index contributed by atoms with van der Waals surface area (Å²) in [4.78, 5) is 3.91. The molecule has 0 aromatic heterocycles. The highest BCUT2D eigenvalue weighted by Gasteiger charge is 1.91. The molecule has 0 saturated carbocycles. The first-order chi connectivity index (χ1) is 5.20. The Morgan fingerprint density at radius 2 is 2.36 bits per heavy atom. The zero-order chi connectivity index (χ0) is 8.69. The predicted molar refractivity (Wildman–Crippen MR) is 56.0 cm³/mol. The van der Waals surface area contributed by atoms with Crippen LogP contribution in [0.5, 0.6) is 0 Å². The van der Waals surface area contributed by atoms with Gasteiger partial charge in [-0.2, -0.15) is 4.99 Å². The topological polar surface area (TPSA) is 50.4 Å². The second-order valence-electron chi connectivity index (χ2n) is 1.89. The molecule has 3 N–H and O–H groups in total. The van der Waals surface area contributed by atoms with Crippen molar-refractivity contribution in [3.63, 3.8) is 0 Å². The van der Waals surface area contributed by atoms with Crippen LogP contribution in [0.3, 0.4) is 0 Å². The molecule has 0 rings (SSSR count). The van der Waals surface area contributed by atoms with Gasteiger partial charge in [0.1, 0.15) is 0 Å². The molecule has 0 aliphatic heterocycles. The van der Waals surface area contributed by atoms with Crippen molar-refractivity contribution in [3.8, 4) is 0 Å². The lowest BCUT2D eigenvalue weighted by Gasteiger charge is -2.00.